The maximum atomic E-state index is 2.72. The molecule has 0 radical (unpaired) electrons. The van der Waals surface area contributed by atoms with Gasteiger partial charge in [0.2, 0.25) is 0 Å². The number of benzene rings is 6. The van der Waals surface area contributed by atoms with Gasteiger partial charge in [-0.25, -0.2) is 0 Å². The van der Waals surface area contributed by atoms with E-state index in [-0.39, 0.29) is 22.8 Å². The van der Waals surface area contributed by atoms with Gasteiger partial charge in [0.05, 0.1) is 11.5 Å². The number of hydrogen-bond acceptors (Lipinski definition) is 2. The van der Waals surface area contributed by atoms with Crippen molar-refractivity contribution >= 4 is 33.9 Å². The predicted octanol–water partition coefficient (Wildman–Crippen LogP) is 14.6. The van der Waals surface area contributed by atoms with Crippen LogP contribution in [0.15, 0.2) is 168 Å². The van der Waals surface area contributed by atoms with Crippen molar-refractivity contribution in [2.75, 3.05) is 4.90 Å². The van der Waals surface area contributed by atoms with E-state index in [1.807, 2.05) is 0 Å². The van der Waals surface area contributed by atoms with Crippen LogP contribution in [0.4, 0.5) is 11.4 Å². The summed E-state index contributed by atoms with van der Waals surface area (Å²) in [6.45, 7) is 13.9. The number of allylic oxidation sites excluding steroid dienone is 5. The molecule has 0 amide bonds. The zero-order chi connectivity index (χ0) is 38.8. The van der Waals surface area contributed by atoms with Crippen LogP contribution < -0.4 is 4.90 Å². The lowest BCUT2D eigenvalue weighted by Gasteiger charge is -2.43. The SMILES string of the molecule is CC(C)(C)C1=CC[C@@H](N(c2ccc(C(C)(C)C)cc2)c2cc3c(c4c2C2C=CC=C[C@@H]2S4)-c2cccc4cccc(c24)C32c3ccccc3-c3ccccc32)C=C1. The molecule has 3 atom stereocenters. The van der Waals surface area contributed by atoms with Gasteiger partial charge in [-0.2, -0.15) is 0 Å². The van der Waals surface area contributed by atoms with Crippen molar-refractivity contribution in [2.45, 2.75) is 80.9 Å². The third kappa shape index (κ3) is 4.96. The molecule has 11 rings (SSSR count). The van der Waals surface area contributed by atoms with Crippen LogP contribution in [0.2, 0.25) is 0 Å². The van der Waals surface area contributed by atoms with Gasteiger partial charge in [0.1, 0.15) is 0 Å². The van der Waals surface area contributed by atoms with E-state index in [9.17, 15) is 0 Å². The Balaban J connectivity index is 1.27. The number of fused-ring (bicyclic) bond motifs is 13. The Bertz CT molecular complexity index is 2730. The zero-order valence-electron chi connectivity index (χ0n) is 33.8. The molecule has 57 heavy (non-hydrogen) atoms. The predicted molar refractivity (Wildman–Crippen MR) is 243 cm³/mol. The molecule has 1 heterocycles. The van der Waals surface area contributed by atoms with E-state index in [2.05, 4.69) is 216 Å². The molecule has 0 fully saturated rings. The molecule has 1 nitrogen and oxygen atoms in total. The summed E-state index contributed by atoms with van der Waals surface area (Å²) < 4.78 is 0. The van der Waals surface area contributed by atoms with Gasteiger partial charge in [-0.15, -0.1) is 11.8 Å². The molecule has 4 aliphatic carbocycles. The van der Waals surface area contributed by atoms with Gasteiger partial charge in [-0.05, 0) is 102 Å². The number of anilines is 2. The molecule has 1 spiro atoms. The molecule has 6 aromatic rings. The van der Waals surface area contributed by atoms with Crippen LogP contribution in [-0.4, -0.2) is 11.3 Å². The quantitative estimate of drug-likeness (QED) is 0.177. The van der Waals surface area contributed by atoms with Gasteiger partial charge in [0, 0.05) is 33.0 Å². The minimum atomic E-state index is -0.483. The number of thioether (sulfide) groups is 1. The van der Waals surface area contributed by atoms with Crippen molar-refractivity contribution in [3.05, 3.63) is 197 Å². The van der Waals surface area contributed by atoms with Gasteiger partial charge in [-0.3, -0.25) is 0 Å². The second-order valence-corrected chi connectivity index (χ2v) is 19.9. The summed E-state index contributed by atoms with van der Waals surface area (Å²) in [5.74, 6) is 0.273. The Kier molecular flexibility index (Phi) is 7.56. The molecule has 0 saturated carbocycles. The van der Waals surface area contributed by atoms with Crippen LogP contribution in [-0.2, 0) is 10.8 Å². The summed E-state index contributed by atoms with van der Waals surface area (Å²) in [6.07, 6.45) is 17.8. The minimum Gasteiger partial charge on any atom is -0.334 e. The van der Waals surface area contributed by atoms with Crippen LogP contribution in [0.5, 0.6) is 0 Å². The van der Waals surface area contributed by atoms with Crippen LogP contribution in [0.1, 0.15) is 87.3 Å². The first kappa shape index (κ1) is 34.9. The molecular weight excluding hydrogens is 707 g/mol. The Hall–Kier alpha value is -5.31. The fourth-order valence-corrected chi connectivity index (χ4v) is 12.3. The van der Waals surface area contributed by atoms with Gasteiger partial charge in [0.25, 0.3) is 0 Å². The molecule has 0 N–H and O–H groups in total. The molecule has 0 aromatic heterocycles. The molecule has 5 aliphatic rings. The molecule has 6 aromatic carbocycles. The molecule has 0 bridgehead atoms. The highest BCUT2D eigenvalue weighted by Crippen LogP contribution is 2.66. The Morgan fingerprint density at radius 3 is 1.95 bits per heavy atom. The number of rotatable bonds is 3. The molecule has 280 valence electrons. The van der Waals surface area contributed by atoms with Gasteiger partial charge < -0.3 is 4.90 Å². The summed E-state index contributed by atoms with van der Waals surface area (Å²) in [7, 11) is 0. The highest BCUT2D eigenvalue weighted by atomic mass is 32.2. The molecule has 2 heteroatoms. The fraction of sp³-hybridized carbons (Fsp3) is 0.236. The second kappa shape index (κ2) is 12.3. The second-order valence-electron chi connectivity index (χ2n) is 18.7. The lowest BCUT2D eigenvalue weighted by molar-refractivity contribution is 0.510. The molecule has 1 unspecified atom stereocenters. The van der Waals surface area contributed by atoms with E-state index in [4.69, 9.17) is 0 Å². The molecule has 1 aliphatic heterocycles. The normalized spacial score (nSPS) is 20.5. The van der Waals surface area contributed by atoms with E-state index in [0.717, 1.165) is 6.42 Å². The van der Waals surface area contributed by atoms with E-state index in [1.54, 1.807) is 0 Å². The smallest absolute Gasteiger partial charge is 0.0726 e. The first-order valence-electron chi connectivity index (χ1n) is 20.8. The highest BCUT2D eigenvalue weighted by Gasteiger charge is 2.52. The number of hydrogen-bond donors (Lipinski definition) is 0. The topological polar surface area (TPSA) is 3.24 Å². The highest BCUT2D eigenvalue weighted by molar-refractivity contribution is 8.00. The summed E-state index contributed by atoms with van der Waals surface area (Å²) in [5.41, 5.74) is 17.5. The lowest BCUT2D eigenvalue weighted by atomic mass is 9.61. The van der Waals surface area contributed by atoms with E-state index in [0.29, 0.717) is 5.25 Å². The number of nitrogens with zero attached hydrogens (tertiary/aromatic N) is 1. The summed E-state index contributed by atoms with van der Waals surface area (Å²) in [6, 6.07) is 44.9. The van der Waals surface area contributed by atoms with E-state index >= 15 is 0 Å². The van der Waals surface area contributed by atoms with Crippen molar-refractivity contribution in [3.8, 4) is 22.3 Å². The fourth-order valence-electron chi connectivity index (χ4n) is 10.8. The van der Waals surface area contributed by atoms with Crippen LogP contribution >= 0.6 is 11.8 Å². The van der Waals surface area contributed by atoms with Gasteiger partial charge in [-0.1, -0.05) is 181 Å². The van der Waals surface area contributed by atoms with E-state index in [1.165, 1.54) is 88.3 Å². The van der Waals surface area contributed by atoms with Crippen LogP contribution in [0.3, 0.4) is 0 Å². The monoisotopic (exact) mass is 755 g/mol. The maximum Gasteiger partial charge on any atom is 0.0726 e. The third-order valence-electron chi connectivity index (χ3n) is 13.4. The first-order valence-corrected chi connectivity index (χ1v) is 21.7. The van der Waals surface area contributed by atoms with Crippen molar-refractivity contribution < 1.29 is 0 Å². The van der Waals surface area contributed by atoms with E-state index < -0.39 is 5.41 Å². The van der Waals surface area contributed by atoms with Crippen molar-refractivity contribution in [3.63, 3.8) is 0 Å². The van der Waals surface area contributed by atoms with Gasteiger partial charge >= 0.3 is 0 Å². The largest absolute Gasteiger partial charge is 0.334 e. The maximum absolute atomic E-state index is 2.72. The average molecular weight is 756 g/mol. The Morgan fingerprint density at radius 1 is 0.632 bits per heavy atom. The summed E-state index contributed by atoms with van der Waals surface area (Å²) >= 11 is 2.09. The standard InChI is InChI=1S/C55H49NS/c1-53(2,3)35-25-29-37(30-26-35)56(38-31-27-36(28-32-38)54(4,5)6)47-33-46-50(52-51(47)41-19-9-12-24-48(41)57-52)42-20-13-15-34-16-14-23-45(49(34)42)55(46)43-21-10-7-17-39(43)40-18-8-11-22-44(40)55/h7-31,33,38,41,48H,32H2,1-6H3/t38-,41?,48-/m0/s1. The molecule has 0 saturated heterocycles. The summed E-state index contributed by atoms with van der Waals surface area (Å²) in [5, 5.41) is 3.04. The van der Waals surface area contributed by atoms with Crippen molar-refractivity contribution in [2.24, 2.45) is 5.41 Å². The average Bonchev–Trinajstić information content (AvgIpc) is 3.75. The van der Waals surface area contributed by atoms with Crippen molar-refractivity contribution in [1.29, 1.82) is 0 Å². The molecular formula is C55H49NS. The zero-order valence-corrected chi connectivity index (χ0v) is 34.6. The van der Waals surface area contributed by atoms with Crippen molar-refractivity contribution in [1.82, 2.24) is 0 Å². The Morgan fingerprint density at radius 2 is 1.28 bits per heavy atom. The first-order chi connectivity index (χ1) is 27.5. The Labute approximate surface area is 342 Å². The summed E-state index contributed by atoms with van der Waals surface area (Å²) in [4.78, 5) is 4.16. The third-order valence-corrected chi connectivity index (χ3v) is 14.8. The van der Waals surface area contributed by atoms with Crippen LogP contribution in [0.25, 0.3) is 33.0 Å². The minimum absolute atomic E-state index is 0.0681. The lowest BCUT2D eigenvalue weighted by Crippen LogP contribution is -2.35. The van der Waals surface area contributed by atoms with Crippen LogP contribution in [0, 0.1) is 5.41 Å². The van der Waals surface area contributed by atoms with Gasteiger partial charge in [0.15, 0.2) is 0 Å².